The number of hydrogen-bond donors (Lipinski definition) is 1. The van der Waals surface area contributed by atoms with Crippen molar-refractivity contribution in [2.75, 3.05) is 5.32 Å². The number of thiophene rings is 1. The highest BCUT2D eigenvalue weighted by atomic mass is 32.1. The highest BCUT2D eigenvalue weighted by Crippen LogP contribution is 2.35. The molecule has 1 N–H and O–H groups in total. The number of aromatic nitrogens is 3. The van der Waals surface area contributed by atoms with Crippen molar-refractivity contribution in [3.63, 3.8) is 0 Å². The van der Waals surface area contributed by atoms with E-state index in [-0.39, 0.29) is 11.5 Å². The van der Waals surface area contributed by atoms with Gasteiger partial charge in [0.2, 0.25) is 5.91 Å². The molecule has 0 fully saturated rings. The van der Waals surface area contributed by atoms with Crippen molar-refractivity contribution in [1.82, 2.24) is 15.0 Å². The van der Waals surface area contributed by atoms with Crippen LogP contribution in [0.3, 0.4) is 0 Å². The molecule has 4 rings (SSSR count). The Bertz CT molecular complexity index is 1070. The molecule has 0 radical (unpaired) electrons. The van der Waals surface area contributed by atoms with Crippen LogP contribution in [0.2, 0.25) is 0 Å². The van der Waals surface area contributed by atoms with Gasteiger partial charge in [-0.2, -0.15) is 4.68 Å². The predicted molar refractivity (Wildman–Crippen MR) is 107 cm³/mol. The first-order valence-electron chi connectivity index (χ1n) is 9.21. The third kappa shape index (κ3) is 3.27. The third-order valence-electron chi connectivity index (χ3n) is 5.21. The van der Waals surface area contributed by atoms with Crippen molar-refractivity contribution >= 4 is 33.1 Å². The van der Waals surface area contributed by atoms with Crippen LogP contribution in [-0.2, 0) is 17.6 Å². The molecule has 1 amide bonds. The van der Waals surface area contributed by atoms with Crippen LogP contribution < -0.4 is 10.9 Å². The minimum atomic E-state index is -0.742. The standard InChI is InChI=1S/C20H22N4O2S/c1-11-4-7-14(8-5-11)21-18(25)13(3)24-20(26)17-15-9-6-12(2)10-16(15)27-19(17)22-23-24/h4-5,7-8,12-13H,6,9-10H2,1-3H3,(H,21,25)/t12-,13-/m0/s1. The molecule has 6 nitrogen and oxygen atoms in total. The highest BCUT2D eigenvalue weighted by molar-refractivity contribution is 7.18. The van der Waals surface area contributed by atoms with E-state index in [1.807, 2.05) is 31.2 Å². The molecule has 3 aromatic rings. The summed E-state index contributed by atoms with van der Waals surface area (Å²) < 4.78 is 1.21. The van der Waals surface area contributed by atoms with Crippen LogP contribution >= 0.6 is 11.3 Å². The molecule has 0 spiro atoms. The van der Waals surface area contributed by atoms with Crippen LogP contribution in [0, 0.1) is 12.8 Å². The highest BCUT2D eigenvalue weighted by Gasteiger charge is 2.26. The molecule has 0 saturated carbocycles. The summed E-state index contributed by atoms with van der Waals surface area (Å²) >= 11 is 1.56. The Labute approximate surface area is 161 Å². The van der Waals surface area contributed by atoms with Crippen LogP contribution in [0.25, 0.3) is 10.2 Å². The number of hydrogen-bond acceptors (Lipinski definition) is 5. The number of benzene rings is 1. The van der Waals surface area contributed by atoms with Gasteiger partial charge in [-0.25, -0.2) is 0 Å². The summed E-state index contributed by atoms with van der Waals surface area (Å²) in [6.07, 6.45) is 2.95. The summed E-state index contributed by atoms with van der Waals surface area (Å²) in [7, 11) is 0. The number of nitrogens with one attached hydrogen (secondary N) is 1. The van der Waals surface area contributed by atoms with E-state index >= 15 is 0 Å². The summed E-state index contributed by atoms with van der Waals surface area (Å²) in [6, 6.07) is 6.80. The average molecular weight is 382 g/mol. The fourth-order valence-electron chi connectivity index (χ4n) is 3.52. The first-order chi connectivity index (χ1) is 12.9. The largest absolute Gasteiger partial charge is 0.324 e. The number of amides is 1. The smallest absolute Gasteiger partial charge is 0.279 e. The second kappa shape index (κ2) is 6.88. The van der Waals surface area contributed by atoms with E-state index in [0.717, 1.165) is 30.4 Å². The fourth-order valence-corrected chi connectivity index (χ4v) is 4.84. The summed E-state index contributed by atoms with van der Waals surface area (Å²) in [5.74, 6) is 0.340. The molecule has 1 aliphatic carbocycles. The van der Waals surface area contributed by atoms with Gasteiger partial charge in [-0.15, -0.1) is 16.4 Å². The molecule has 0 unspecified atom stereocenters. The van der Waals surface area contributed by atoms with Gasteiger partial charge in [0.15, 0.2) is 4.83 Å². The number of nitrogens with zero attached hydrogens (tertiary/aromatic N) is 3. The van der Waals surface area contributed by atoms with Crippen LogP contribution in [0.5, 0.6) is 0 Å². The third-order valence-corrected chi connectivity index (χ3v) is 6.35. The van der Waals surface area contributed by atoms with Crippen LogP contribution in [0.15, 0.2) is 29.1 Å². The lowest BCUT2D eigenvalue weighted by Gasteiger charge is -2.17. The Morgan fingerprint density at radius 3 is 2.81 bits per heavy atom. The van der Waals surface area contributed by atoms with E-state index in [0.29, 0.717) is 21.8 Å². The van der Waals surface area contributed by atoms with Crippen molar-refractivity contribution in [2.24, 2.45) is 5.92 Å². The van der Waals surface area contributed by atoms with E-state index in [1.165, 1.54) is 9.56 Å². The normalized spacial score (nSPS) is 17.5. The zero-order valence-corrected chi connectivity index (χ0v) is 16.5. The molecule has 140 valence electrons. The zero-order valence-electron chi connectivity index (χ0n) is 15.7. The van der Waals surface area contributed by atoms with Gasteiger partial charge >= 0.3 is 0 Å². The number of fused-ring (bicyclic) bond motifs is 3. The lowest BCUT2D eigenvalue weighted by Crippen LogP contribution is -2.34. The van der Waals surface area contributed by atoms with Crippen molar-refractivity contribution in [3.8, 4) is 0 Å². The fraction of sp³-hybridized carbons (Fsp3) is 0.400. The second-order valence-electron chi connectivity index (χ2n) is 7.40. The van der Waals surface area contributed by atoms with Gasteiger partial charge in [-0.05, 0) is 56.7 Å². The van der Waals surface area contributed by atoms with Crippen molar-refractivity contribution in [1.29, 1.82) is 0 Å². The van der Waals surface area contributed by atoms with Gasteiger partial charge in [0, 0.05) is 10.6 Å². The monoisotopic (exact) mass is 382 g/mol. The van der Waals surface area contributed by atoms with Crippen molar-refractivity contribution < 1.29 is 4.79 Å². The van der Waals surface area contributed by atoms with E-state index in [9.17, 15) is 9.59 Å². The Balaban J connectivity index is 1.66. The summed E-state index contributed by atoms with van der Waals surface area (Å²) in [4.78, 5) is 27.6. The lowest BCUT2D eigenvalue weighted by atomic mass is 9.89. The minimum Gasteiger partial charge on any atom is -0.324 e. The molecule has 2 atom stereocenters. The molecule has 0 aliphatic heterocycles. The molecule has 2 aromatic heterocycles. The van der Waals surface area contributed by atoms with Crippen LogP contribution in [0.4, 0.5) is 5.69 Å². The number of anilines is 1. The molecule has 1 aromatic carbocycles. The number of carbonyl (C=O) groups excluding carboxylic acids is 1. The molecule has 0 bridgehead atoms. The lowest BCUT2D eigenvalue weighted by molar-refractivity contribution is -0.119. The van der Waals surface area contributed by atoms with E-state index < -0.39 is 6.04 Å². The van der Waals surface area contributed by atoms with E-state index in [1.54, 1.807) is 18.3 Å². The van der Waals surface area contributed by atoms with Gasteiger partial charge < -0.3 is 5.32 Å². The predicted octanol–water partition coefficient (Wildman–Crippen LogP) is 3.49. The zero-order chi connectivity index (χ0) is 19.1. The van der Waals surface area contributed by atoms with Crippen molar-refractivity contribution in [3.05, 3.63) is 50.6 Å². The first-order valence-corrected chi connectivity index (χ1v) is 10.0. The maximum Gasteiger partial charge on any atom is 0.279 e. The molecule has 7 heteroatoms. The Kier molecular flexibility index (Phi) is 4.55. The molecule has 2 heterocycles. The maximum absolute atomic E-state index is 13.1. The quantitative estimate of drug-likeness (QED) is 0.752. The number of carbonyl (C=O) groups is 1. The topological polar surface area (TPSA) is 76.9 Å². The van der Waals surface area contributed by atoms with Gasteiger partial charge in [0.1, 0.15) is 6.04 Å². The Morgan fingerprint density at radius 1 is 1.33 bits per heavy atom. The minimum absolute atomic E-state index is 0.224. The maximum atomic E-state index is 13.1. The average Bonchev–Trinajstić information content (AvgIpc) is 3.01. The Hall–Kier alpha value is -2.54. The SMILES string of the molecule is Cc1ccc(NC(=O)[C@H](C)n2nnc3sc4c(c3c2=O)CC[C@H](C)C4)cc1. The number of aryl methyl sites for hydroxylation is 2. The number of rotatable bonds is 3. The first kappa shape index (κ1) is 17.9. The van der Waals surface area contributed by atoms with Gasteiger partial charge in [-0.3, -0.25) is 9.59 Å². The van der Waals surface area contributed by atoms with Crippen LogP contribution in [0.1, 0.15) is 42.3 Å². The van der Waals surface area contributed by atoms with Gasteiger partial charge in [0.05, 0.1) is 5.39 Å². The van der Waals surface area contributed by atoms with E-state index in [2.05, 4.69) is 22.6 Å². The molecule has 27 heavy (non-hydrogen) atoms. The molecular weight excluding hydrogens is 360 g/mol. The van der Waals surface area contributed by atoms with Crippen LogP contribution in [-0.4, -0.2) is 20.9 Å². The molecule has 1 aliphatic rings. The summed E-state index contributed by atoms with van der Waals surface area (Å²) in [6.45, 7) is 5.89. The van der Waals surface area contributed by atoms with Gasteiger partial charge in [0.25, 0.3) is 5.56 Å². The summed E-state index contributed by atoms with van der Waals surface area (Å²) in [5, 5.41) is 11.8. The van der Waals surface area contributed by atoms with Gasteiger partial charge in [-0.1, -0.05) is 29.8 Å². The van der Waals surface area contributed by atoms with E-state index in [4.69, 9.17) is 0 Å². The second-order valence-corrected chi connectivity index (χ2v) is 8.49. The molecule has 0 saturated heterocycles. The van der Waals surface area contributed by atoms with Crippen molar-refractivity contribution in [2.45, 2.75) is 46.1 Å². The molecular formula is C20H22N4O2S. The summed E-state index contributed by atoms with van der Waals surface area (Å²) in [5.41, 5.74) is 2.69. The Morgan fingerprint density at radius 2 is 2.07 bits per heavy atom.